The number of fused-ring (bicyclic) bond motifs is 4. The first kappa shape index (κ1) is 39.9. The molecule has 1 aliphatic heterocycles. The van der Waals surface area contributed by atoms with Gasteiger partial charge in [-0.3, -0.25) is 11.8 Å². The quantitative estimate of drug-likeness (QED) is 0.112. The fraction of sp³-hybridized carbons (Fsp3) is 0.314. The van der Waals surface area contributed by atoms with Gasteiger partial charge in [-0.2, -0.15) is 13.8 Å². The van der Waals surface area contributed by atoms with E-state index in [0.717, 1.165) is 49.8 Å². The molecule has 0 amide bonds. The van der Waals surface area contributed by atoms with E-state index in [-0.39, 0.29) is 31.6 Å². The van der Waals surface area contributed by atoms with Crippen molar-refractivity contribution in [2.24, 2.45) is 16.8 Å². The summed E-state index contributed by atoms with van der Waals surface area (Å²) in [6, 6.07) is 47.3. The Bertz CT molecular complexity index is 1960. The van der Waals surface area contributed by atoms with E-state index in [1.165, 1.54) is 64.1 Å². The first-order chi connectivity index (χ1) is 26.7. The van der Waals surface area contributed by atoms with E-state index in [4.69, 9.17) is 9.73 Å². The minimum Gasteiger partial charge on any atom is -0.475 e. The summed E-state index contributed by atoms with van der Waals surface area (Å²) in [7, 11) is -1.20. The Labute approximate surface area is 345 Å². The Hall–Kier alpha value is -3.35. The summed E-state index contributed by atoms with van der Waals surface area (Å²) >= 11 is 0. The summed E-state index contributed by atoms with van der Waals surface area (Å²) in [5.74, 6) is 2.37. The number of hydrogen-bond donors (Lipinski definition) is 0. The summed E-state index contributed by atoms with van der Waals surface area (Å²) in [6.07, 6.45) is 20.2. The van der Waals surface area contributed by atoms with Gasteiger partial charge in [0, 0.05) is 36.6 Å². The standard InChI is InChI=1S/C39H34NOP.C12H20.Ir/c1-4-12-28(13-5-1)26-31-27-41-38(40-31)34-20-10-14-29-22-24-39(36(29)34)25-23-30-15-11-21-35(37(30)39)42(32-16-6-2-7-17-32)33-18-8-3-9-19-33;1-3-11-7-5-6-8-12(4-2)10-9-11;/h1-21,31H,22-27H2;3-4,7-8,11-12H,5-6,9-10H2,1-2H3;/q;-4;/p+1/t31-,39-;;/m0../s1. The van der Waals surface area contributed by atoms with Gasteiger partial charge in [-0.05, 0) is 90.8 Å². The van der Waals surface area contributed by atoms with Gasteiger partial charge in [-0.1, -0.05) is 91.0 Å². The van der Waals surface area contributed by atoms with Crippen LogP contribution in [0.5, 0.6) is 0 Å². The van der Waals surface area contributed by atoms with Gasteiger partial charge < -0.3 is 30.4 Å². The third-order valence-electron chi connectivity index (χ3n) is 12.3. The molecule has 55 heavy (non-hydrogen) atoms. The van der Waals surface area contributed by atoms with E-state index in [1.807, 2.05) is 0 Å². The van der Waals surface area contributed by atoms with E-state index in [2.05, 4.69) is 167 Å². The maximum atomic E-state index is 6.41. The number of aliphatic imine (C=N–C) groups is 1. The topological polar surface area (TPSA) is 21.6 Å². The van der Waals surface area contributed by atoms with Gasteiger partial charge in [-0.15, -0.1) is 12.8 Å². The van der Waals surface area contributed by atoms with Gasteiger partial charge >= 0.3 is 0 Å². The first-order valence-corrected chi connectivity index (χ1v) is 21.9. The maximum absolute atomic E-state index is 6.41. The second kappa shape index (κ2) is 18.7. The molecule has 4 atom stereocenters. The van der Waals surface area contributed by atoms with Crippen LogP contribution >= 0.6 is 7.92 Å². The zero-order valence-corrected chi connectivity index (χ0v) is 35.8. The molecule has 4 aliphatic rings. The fourth-order valence-electron chi connectivity index (χ4n) is 9.67. The zero-order chi connectivity index (χ0) is 36.7. The van der Waals surface area contributed by atoms with Crippen molar-refractivity contribution in [2.75, 3.05) is 6.61 Å². The molecule has 0 N–H and O–H groups in total. The van der Waals surface area contributed by atoms with E-state index in [0.29, 0.717) is 6.61 Å². The molecule has 5 aromatic rings. The number of benzene rings is 5. The predicted molar refractivity (Wildman–Crippen MR) is 231 cm³/mol. The van der Waals surface area contributed by atoms with Crippen LogP contribution in [0, 0.1) is 37.5 Å². The largest absolute Gasteiger partial charge is 0.475 e. The molecular weight excluding hydrogens is 866 g/mol. The van der Waals surface area contributed by atoms with Crippen molar-refractivity contribution in [3.8, 4) is 0 Å². The minimum absolute atomic E-state index is 0. The molecule has 2 unspecified atom stereocenters. The van der Waals surface area contributed by atoms with Crippen LogP contribution in [0.15, 0.2) is 132 Å². The molecule has 3 aliphatic carbocycles. The molecule has 2 nitrogen and oxygen atoms in total. The van der Waals surface area contributed by atoms with Crippen molar-refractivity contribution in [1.29, 1.82) is 0 Å². The minimum atomic E-state index is -1.20. The molecule has 1 saturated carbocycles. The van der Waals surface area contributed by atoms with Crippen molar-refractivity contribution in [2.45, 2.75) is 83.1 Å². The van der Waals surface area contributed by atoms with E-state index >= 15 is 0 Å². The van der Waals surface area contributed by atoms with Crippen LogP contribution in [-0.4, -0.2) is 18.5 Å². The molecule has 0 saturated heterocycles. The third kappa shape index (κ3) is 8.66. The van der Waals surface area contributed by atoms with E-state index in [1.54, 1.807) is 10.9 Å². The van der Waals surface area contributed by atoms with Gasteiger partial charge in [0.1, 0.15) is 22.5 Å². The van der Waals surface area contributed by atoms with Crippen molar-refractivity contribution in [3.63, 3.8) is 0 Å². The summed E-state index contributed by atoms with van der Waals surface area (Å²) in [6.45, 7) is 5.01. The second-order valence-electron chi connectivity index (χ2n) is 15.6. The van der Waals surface area contributed by atoms with Crippen molar-refractivity contribution in [3.05, 3.63) is 186 Å². The number of nitrogens with zero attached hydrogens (tertiary/aromatic N) is 1. The molecule has 9 rings (SSSR count). The molecule has 4 heteroatoms. The Morgan fingerprint density at radius 2 is 1.22 bits per heavy atom. The van der Waals surface area contributed by atoms with Crippen LogP contribution in [0.3, 0.4) is 0 Å². The van der Waals surface area contributed by atoms with Crippen molar-refractivity contribution in [1.82, 2.24) is 0 Å². The van der Waals surface area contributed by atoms with Gasteiger partial charge in [0.25, 0.3) is 0 Å². The molecule has 0 aromatic heterocycles. The molecule has 1 spiro atoms. The molecule has 1 heterocycles. The molecule has 0 bridgehead atoms. The van der Waals surface area contributed by atoms with Gasteiger partial charge in [0.05, 0.1) is 14.0 Å². The van der Waals surface area contributed by atoms with Gasteiger partial charge in [0.15, 0.2) is 0 Å². The Morgan fingerprint density at radius 3 is 1.80 bits per heavy atom. The Balaban J connectivity index is 0.000000309. The number of rotatable bonds is 8. The van der Waals surface area contributed by atoms with Gasteiger partial charge in [-0.25, -0.2) is 17.8 Å². The maximum Gasteiger partial charge on any atom is 0.216 e. The average molecular weight is 921 g/mol. The molecule has 5 aromatic carbocycles. The van der Waals surface area contributed by atoms with Crippen LogP contribution in [0.4, 0.5) is 0 Å². The van der Waals surface area contributed by atoms with E-state index < -0.39 is 7.92 Å². The SMILES string of the molecule is C[CH-]C1[CH-]CC[CH-]C([CH-]C)CC1.[Ir].c1ccc(C[C@H]2COC(c3cccc4c3[C@]3(CC4)CCc4cccc([PH+](c5ccccc5)c5ccccc5)c43)=N2)cc1. The van der Waals surface area contributed by atoms with Crippen molar-refractivity contribution >= 4 is 29.7 Å². The first-order valence-electron chi connectivity index (χ1n) is 20.4. The van der Waals surface area contributed by atoms with Crippen LogP contribution in [-0.2, 0) is 49.5 Å². The van der Waals surface area contributed by atoms with Crippen molar-refractivity contribution < 1.29 is 24.8 Å². The summed E-state index contributed by atoms with van der Waals surface area (Å²) in [4.78, 5) is 5.20. The summed E-state index contributed by atoms with van der Waals surface area (Å²) in [5, 5.41) is 4.44. The number of ether oxygens (including phenoxy) is 1. The molecule has 287 valence electrons. The fourth-order valence-corrected chi connectivity index (χ4v) is 12.6. The van der Waals surface area contributed by atoms with Crippen LogP contribution < -0.4 is 15.9 Å². The summed E-state index contributed by atoms with van der Waals surface area (Å²) < 4.78 is 6.41. The smallest absolute Gasteiger partial charge is 0.216 e. The van der Waals surface area contributed by atoms with E-state index in [9.17, 15) is 0 Å². The molecule has 1 radical (unpaired) electrons. The number of aryl methyl sites for hydroxylation is 2. The molecule has 1 fully saturated rings. The van der Waals surface area contributed by atoms with Crippen LogP contribution in [0.25, 0.3) is 0 Å². The zero-order valence-electron chi connectivity index (χ0n) is 32.4. The monoisotopic (exact) mass is 921 g/mol. The second-order valence-corrected chi connectivity index (χ2v) is 18.0. The van der Waals surface area contributed by atoms with Gasteiger partial charge in [0.2, 0.25) is 5.90 Å². The summed E-state index contributed by atoms with van der Waals surface area (Å²) in [5.41, 5.74) is 8.62. The number of hydrogen-bond acceptors (Lipinski definition) is 2. The normalized spacial score (nSPS) is 22.7. The predicted octanol–water partition coefficient (Wildman–Crippen LogP) is 10.4. The Morgan fingerprint density at radius 1 is 0.673 bits per heavy atom. The molecular formula is C51H55IrNOP-3. The van der Waals surface area contributed by atoms with Crippen LogP contribution in [0.2, 0.25) is 0 Å². The average Bonchev–Trinajstić information content (AvgIpc) is 3.95. The third-order valence-corrected chi connectivity index (χ3v) is 15.1. The van der Waals surface area contributed by atoms with Crippen LogP contribution in [0.1, 0.15) is 85.8 Å². The Kier molecular flexibility index (Phi) is 13.6.